The van der Waals surface area contributed by atoms with Gasteiger partial charge in [0.15, 0.2) is 0 Å². The van der Waals surface area contributed by atoms with Crippen molar-refractivity contribution < 1.29 is 15.0 Å². The van der Waals surface area contributed by atoms with E-state index >= 15 is 0 Å². The smallest absolute Gasteiger partial charge is 0.309 e. The number of allylic oxidation sites excluding steroid dienone is 1. The molecule has 0 saturated heterocycles. The summed E-state index contributed by atoms with van der Waals surface area (Å²) in [6.45, 7) is 1.90. The van der Waals surface area contributed by atoms with Crippen molar-refractivity contribution >= 4 is 5.97 Å². The van der Waals surface area contributed by atoms with Gasteiger partial charge < -0.3 is 10.2 Å². The summed E-state index contributed by atoms with van der Waals surface area (Å²) in [5, 5.41) is 17.9. The monoisotopic (exact) mass is 156 g/mol. The third-order valence-electron chi connectivity index (χ3n) is 2.03. The van der Waals surface area contributed by atoms with E-state index < -0.39 is 18.0 Å². The minimum atomic E-state index is -0.902. The van der Waals surface area contributed by atoms with Gasteiger partial charge in [0.05, 0.1) is 12.0 Å². The summed E-state index contributed by atoms with van der Waals surface area (Å²) < 4.78 is 0. The first-order valence-corrected chi connectivity index (χ1v) is 3.69. The molecule has 0 aromatic carbocycles. The zero-order chi connectivity index (χ0) is 8.43. The molecule has 1 rings (SSSR count). The standard InChI is InChI=1S/C8H12O3/c1-5-2-3-6(8(10)11)7(9)4-5/h4,6-7,9H,2-3H2,1H3,(H,10,11)/t6-,7+/m1/s1. The van der Waals surface area contributed by atoms with E-state index in [-0.39, 0.29) is 0 Å². The summed E-state index contributed by atoms with van der Waals surface area (Å²) in [5.41, 5.74) is 1.08. The number of carbonyl (C=O) groups is 1. The summed E-state index contributed by atoms with van der Waals surface area (Å²) in [6.07, 6.45) is 2.18. The molecule has 3 nitrogen and oxygen atoms in total. The number of aliphatic hydroxyl groups excluding tert-OH is 1. The Morgan fingerprint density at radius 2 is 2.36 bits per heavy atom. The van der Waals surface area contributed by atoms with E-state index in [1.54, 1.807) is 6.08 Å². The van der Waals surface area contributed by atoms with Gasteiger partial charge in [0, 0.05) is 0 Å². The second kappa shape index (κ2) is 3.05. The highest BCUT2D eigenvalue weighted by Crippen LogP contribution is 2.23. The molecule has 0 spiro atoms. The largest absolute Gasteiger partial charge is 0.481 e. The van der Waals surface area contributed by atoms with Crippen LogP contribution in [-0.2, 0) is 4.79 Å². The third kappa shape index (κ3) is 1.80. The number of aliphatic hydroxyl groups is 1. The molecule has 2 N–H and O–H groups in total. The van der Waals surface area contributed by atoms with Crippen molar-refractivity contribution in [3.05, 3.63) is 11.6 Å². The predicted molar refractivity (Wildman–Crippen MR) is 40.1 cm³/mol. The van der Waals surface area contributed by atoms with Crippen LogP contribution in [0.25, 0.3) is 0 Å². The number of aliphatic carboxylic acids is 1. The highest BCUT2D eigenvalue weighted by molar-refractivity contribution is 5.71. The van der Waals surface area contributed by atoms with E-state index in [1.165, 1.54) is 0 Å². The fourth-order valence-corrected chi connectivity index (χ4v) is 1.31. The fourth-order valence-electron chi connectivity index (χ4n) is 1.31. The zero-order valence-corrected chi connectivity index (χ0v) is 6.45. The highest BCUT2D eigenvalue weighted by atomic mass is 16.4. The summed E-state index contributed by atoms with van der Waals surface area (Å²) >= 11 is 0. The molecule has 2 atom stereocenters. The van der Waals surface area contributed by atoms with Gasteiger partial charge in [0.25, 0.3) is 0 Å². The Bertz CT molecular complexity index is 196. The molecule has 0 amide bonds. The van der Waals surface area contributed by atoms with Crippen molar-refractivity contribution in [1.29, 1.82) is 0 Å². The van der Waals surface area contributed by atoms with Crippen molar-refractivity contribution in [2.45, 2.75) is 25.9 Å². The van der Waals surface area contributed by atoms with Gasteiger partial charge in [-0.1, -0.05) is 11.6 Å². The van der Waals surface area contributed by atoms with E-state index in [2.05, 4.69) is 0 Å². The number of hydrogen-bond donors (Lipinski definition) is 2. The average Bonchev–Trinajstić information content (AvgIpc) is 1.85. The summed E-state index contributed by atoms with van der Waals surface area (Å²) in [4.78, 5) is 10.5. The van der Waals surface area contributed by atoms with Gasteiger partial charge in [-0.15, -0.1) is 0 Å². The quantitative estimate of drug-likeness (QED) is 0.552. The maximum atomic E-state index is 10.5. The van der Waals surface area contributed by atoms with Crippen LogP contribution in [0.3, 0.4) is 0 Å². The predicted octanol–water partition coefficient (Wildman–Crippen LogP) is 0.788. The molecular formula is C8H12O3. The van der Waals surface area contributed by atoms with Crippen LogP contribution in [0.4, 0.5) is 0 Å². The molecule has 0 saturated carbocycles. The number of rotatable bonds is 1. The minimum absolute atomic E-state index is 0.554. The van der Waals surface area contributed by atoms with Gasteiger partial charge >= 0.3 is 5.97 Å². The van der Waals surface area contributed by atoms with Crippen molar-refractivity contribution in [2.24, 2.45) is 5.92 Å². The Kier molecular flexibility index (Phi) is 2.29. The second-order valence-corrected chi connectivity index (χ2v) is 2.99. The number of carboxylic acids is 1. The summed E-state index contributed by atoms with van der Waals surface area (Å²) in [5.74, 6) is -1.50. The maximum Gasteiger partial charge on any atom is 0.309 e. The first-order valence-electron chi connectivity index (χ1n) is 3.69. The normalized spacial score (nSPS) is 31.3. The van der Waals surface area contributed by atoms with Crippen molar-refractivity contribution in [1.82, 2.24) is 0 Å². The molecule has 1 aliphatic rings. The van der Waals surface area contributed by atoms with Gasteiger partial charge in [-0.25, -0.2) is 0 Å². The van der Waals surface area contributed by atoms with E-state index in [9.17, 15) is 9.90 Å². The molecule has 0 aromatic rings. The molecule has 0 aromatic heterocycles. The van der Waals surface area contributed by atoms with Crippen LogP contribution in [0.2, 0.25) is 0 Å². The van der Waals surface area contributed by atoms with Gasteiger partial charge in [-0.05, 0) is 19.8 Å². The van der Waals surface area contributed by atoms with Crippen LogP contribution in [-0.4, -0.2) is 22.3 Å². The van der Waals surface area contributed by atoms with Crippen molar-refractivity contribution in [2.75, 3.05) is 0 Å². The van der Waals surface area contributed by atoms with E-state index in [4.69, 9.17) is 5.11 Å². The molecule has 0 heterocycles. The van der Waals surface area contributed by atoms with Gasteiger partial charge in [0.1, 0.15) is 0 Å². The SMILES string of the molecule is CC1=C[C@H](O)[C@H](C(=O)O)CC1. The van der Waals surface area contributed by atoms with Gasteiger partial charge in [0.2, 0.25) is 0 Å². The van der Waals surface area contributed by atoms with Crippen molar-refractivity contribution in [3.63, 3.8) is 0 Å². The molecule has 0 fully saturated rings. The molecule has 0 aliphatic heterocycles. The van der Waals surface area contributed by atoms with Crippen molar-refractivity contribution in [3.8, 4) is 0 Å². The van der Waals surface area contributed by atoms with Crippen LogP contribution in [0.1, 0.15) is 19.8 Å². The Morgan fingerprint density at radius 1 is 1.73 bits per heavy atom. The number of carboxylic acid groups (broad SMARTS) is 1. The third-order valence-corrected chi connectivity index (χ3v) is 2.03. The Labute approximate surface area is 65.3 Å². The average molecular weight is 156 g/mol. The molecule has 0 unspecified atom stereocenters. The van der Waals surface area contributed by atoms with Crippen LogP contribution in [0, 0.1) is 5.92 Å². The molecule has 0 bridgehead atoms. The molecular weight excluding hydrogens is 144 g/mol. The van der Waals surface area contributed by atoms with Crippen LogP contribution in [0.5, 0.6) is 0 Å². The lowest BCUT2D eigenvalue weighted by Crippen LogP contribution is -2.29. The maximum absolute atomic E-state index is 10.5. The van der Waals surface area contributed by atoms with E-state index in [1.807, 2.05) is 6.92 Å². The second-order valence-electron chi connectivity index (χ2n) is 2.99. The Morgan fingerprint density at radius 3 is 2.82 bits per heavy atom. The van der Waals surface area contributed by atoms with Crippen LogP contribution in [0.15, 0.2) is 11.6 Å². The molecule has 1 aliphatic carbocycles. The molecule has 11 heavy (non-hydrogen) atoms. The first-order chi connectivity index (χ1) is 5.11. The lowest BCUT2D eigenvalue weighted by atomic mass is 9.88. The highest BCUT2D eigenvalue weighted by Gasteiger charge is 2.27. The van der Waals surface area contributed by atoms with Crippen LogP contribution < -0.4 is 0 Å². The minimum Gasteiger partial charge on any atom is -0.481 e. The summed E-state index contributed by atoms with van der Waals surface area (Å²) in [6, 6.07) is 0. The van der Waals surface area contributed by atoms with Gasteiger partial charge in [-0.3, -0.25) is 4.79 Å². The molecule has 0 radical (unpaired) electrons. The lowest BCUT2D eigenvalue weighted by Gasteiger charge is -2.21. The lowest BCUT2D eigenvalue weighted by molar-refractivity contribution is -0.145. The van der Waals surface area contributed by atoms with E-state index in [0.717, 1.165) is 12.0 Å². The van der Waals surface area contributed by atoms with Gasteiger partial charge in [-0.2, -0.15) is 0 Å². The zero-order valence-electron chi connectivity index (χ0n) is 6.45. The Hall–Kier alpha value is -0.830. The topological polar surface area (TPSA) is 57.5 Å². The Balaban J connectivity index is 2.68. The fraction of sp³-hybridized carbons (Fsp3) is 0.625. The van der Waals surface area contributed by atoms with E-state index in [0.29, 0.717) is 6.42 Å². The van der Waals surface area contributed by atoms with Crippen LogP contribution >= 0.6 is 0 Å². The first kappa shape index (κ1) is 8.27. The summed E-state index contributed by atoms with van der Waals surface area (Å²) in [7, 11) is 0. The molecule has 3 heteroatoms. The molecule has 62 valence electrons. The number of hydrogen-bond acceptors (Lipinski definition) is 2.